The highest BCUT2D eigenvalue weighted by atomic mass is 16.4. The summed E-state index contributed by atoms with van der Waals surface area (Å²) in [6.45, 7) is 1.52. The molecular weight excluding hydrogens is 234 g/mol. The number of carboxylic acid groups (broad SMARTS) is 2. The van der Waals surface area contributed by atoms with E-state index in [-0.39, 0.29) is 6.42 Å². The van der Waals surface area contributed by atoms with Gasteiger partial charge in [-0.15, -0.1) is 0 Å². The van der Waals surface area contributed by atoms with Crippen molar-refractivity contribution < 1.29 is 19.8 Å². The maximum Gasteiger partial charge on any atom is 0.323 e. The number of rotatable bonds is 3. The molecule has 96 valence electrons. The summed E-state index contributed by atoms with van der Waals surface area (Å²) in [5, 5.41) is 21.3. The minimum Gasteiger partial charge on any atom is -0.481 e. The average molecular weight is 249 g/mol. The van der Waals surface area contributed by atoms with E-state index >= 15 is 0 Å². The van der Waals surface area contributed by atoms with E-state index in [9.17, 15) is 19.8 Å². The van der Waals surface area contributed by atoms with E-state index in [2.05, 4.69) is 5.32 Å². The molecule has 1 aromatic rings. The van der Waals surface area contributed by atoms with Gasteiger partial charge < -0.3 is 10.2 Å². The molecule has 0 saturated carbocycles. The van der Waals surface area contributed by atoms with Crippen LogP contribution < -0.4 is 5.32 Å². The molecule has 3 unspecified atom stereocenters. The Labute approximate surface area is 104 Å². The monoisotopic (exact) mass is 249 g/mol. The molecule has 1 aliphatic rings. The van der Waals surface area contributed by atoms with Crippen molar-refractivity contribution in [2.75, 3.05) is 0 Å². The minimum absolute atomic E-state index is 0.0806. The zero-order valence-electron chi connectivity index (χ0n) is 9.96. The zero-order valence-corrected chi connectivity index (χ0v) is 9.96. The number of nitrogens with one attached hydrogen (secondary N) is 1. The van der Waals surface area contributed by atoms with Crippen molar-refractivity contribution in [2.45, 2.75) is 24.9 Å². The van der Waals surface area contributed by atoms with Gasteiger partial charge in [-0.05, 0) is 18.9 Å². The first-order valence-electron chi connectivity index (χ1n) is 5.73. The third-order valence-electron chi connectivity index (χ3n) is 3.45. The Morgan fingerprint density at radius 3 is 2.39 bits per heavy atom. The predicted octanol–water partition coefficient (Wildman–Crippen LogP) is 1.27. The minimum atomic E-state index is -1.19. The second-order valence-corrected chi connectivity index (χ2v) is 4.82. The second-order valence-electron chi connectivity index (χ2n) is 4.82. The van der Waals surface area contributed by atoms with Crippen LogP contribution in [0.5, 0.6) is 0 Å². The molecule has 1 aromatic carbocycles. The van der Waals surface area contributed by atoms with Crippen LogP contribution in [0.25, 0.3) is 0 Å². The van der Waals surface area contributed by atoms with Crippen LogP contribution in [0.1, 0.15) is 24.9 Å². The van der Waals surface area contributed by atoms with E-state index in [1.165, 1.54) is 6.92 Å². The van der Waals surface area contributed by atoms with Crippen molar-refractivity contribution in [1.29, 1.82) is 0 Å². The van der Waals surface area contributed by atoms with Gasteiger partial charge in [-0.1, -0.05) is 30.3 Å². The Balaban J connectivity index is 2.34. The van der Waals surface area contributed by atoms with Crippen LogP contribution in [0.15, 0.2) is 30.3 Å². The van der Waals surface area contributed by atoms with Gasteiger partial charge in [-0.25, -0.2) is 0 Å². The maximum absolute atomic E-state index is 11.3. The fourth-order valence-electron chi connectivity index (χ4n) is 2.42. The molecule has 3 atom stereocenters. The maximum atomic E-state index is 11.3. The van der Waals surface area contributed by atoms with Gasteiger partial charge >= 0.3 is 11.9 Å². The first-order chi connectivity index (χ1) is 8.44. The second kappa shape index (κ2) is 4.42. The number of hydrogen-bond donors (Lipinski definition) is 3. The molecule has 5 heteroatoms. The van der Waals surface area contributed by atoms with Gasteiger partial charge in [0, 0.05) is 6.04 Å². The van der Waals surface area contributed by atoms with Gasteiger partial charge in [0.05, 0.1) is 5.92 Å². The lowest BCUT2D eigenvalue weighted by molar-refractivity contribution is -0.144. The largest absolute Gasteiger partial charge is 0.481 e. The summed E-state index contributed by atoms with van der Waals surface area (Å²) in [5.74, 6) is -2.72. The SMILES string of the molecule is CC1(C(=O)O)CC(C(=O)O)C(c2ccccc2)N1. The summed E-state index contributed by atoms with van der Waals surface area (Å²) < 4.78 is 0. The van der Waals surface area contributed by atoms with E-state index in [1.54, 1.807) is 12.1 Å². The Morgan fingerprint density at radius 2 is 1.89 bits per heavy atom. The van der Waals surface area contributed by atoms with E-state index in [0.717, 1.165) is 5.56 Å². The first kappa shape index (κ1) is 12.6. The van der Waals surface area contributed by atoms with E-state index in [0.29, 0.717) is 0 Å². The predicted molar refractivity (Wildman–Crippen MR) is 64.1 cm³/mol. The molecule has 18 heavy (non-hydrogen) atoms. The van der Waals surface area contributed by atoms with Crippen molar-refractivity contribution in [3.05, 3.63) is 35.9 Å². The molecule has 1 aliphatic heterocycles. The molecule has 5 nitrogen and oxygen atoms in total. The molecular formula is C13H15NO4. The van der Waals surface area contributed by atoms with Crippen LogP contribution in [0.3, 0.4) is 0 Å². The van der Waals surface area contributed by atoms with E-state index in [4.69, 9.17) is 0 Å². The molecule has 0 spiro atoms. The molecule has 2 rings (SSSR count). The number of benzene rings is 1. The highest BCUT2D eigenvalue weighted by molar-refractivity contribution is 5.82. The van der Waals surface area contributed by atoms with Crippen LogP contribution in [0, 0.1) is 5.92 Å². The fourth-order valence-corrected chi connectivity index (χ4v) is 2.42. The van der Waals surface area contributed by atoms with Crippen LogP contribution in [0.4, 0.5) is 0 Å². The number of hydrogen-bond acceptors (Lipinski definition) is 3. The van der Waals surface area contributed by atoms with Crippen LogP contribution in [0.2, 0.25) is 0 Å². The van der Waals surface area contributed by atoms with Gasteiger partial charge in [-0.3, -0.25) is 14.9 Å². The molecule has 1 heterocycles. The number of aliphatic carboxylic acids is 2. The van der Waals surface area contributed by atoms with Gasteiger partial charge in [0.1, 0.15) is 5.54 Å². The summed E-state index contributed by atoms with van der Waals surface area (Å²) in [6, 6.07) is 8.61. The quantitative estimate of drug-likeness (QED) is 0.750. The summed E-state index contributed by atoms with van der Waals surface area (Å²) >= 11 is 0. The number of carboxylic acids is 2. The normalized spacial score (nSPS) is 31.2. The average Bonchev–Trinajstić information content (AvgIpc) is 2.70. The van der Waals surface area contributed by atoms with Crippen molar-refractivity contribution in [3.8, 4) is 0 Å². The Kier molecular flexibility index (Phi) is 3.09. The molecule has 1 fully saturated rings. The standard InChI is InChI=1S/C13H15NO4/c1-13(12(17)18)7-9(11(15)16)10(14-13)8-5-3-2-4-6-8/h2-6,9-10,14H,7H2,1H3,(H,15,16)(H,17,18). The number of carbonyl (C=O) groups is 2. The zero-order chi connectivity index (χ0) is 13.3. The molecule has 0 aliphatic carbocycles. The van der Waals surface area contributed by atoms with Crippen molar-refractivity contribution in [1.82, 2.24) is 5.32 Å². The van der Waals surface area contributed by atoms with Gasteiger partial charge in [-0.2, -0.15) is 0 Å². The molecule has 0 amide bonds. The third kappa shape index (κ3) is 2.09. The van der Waals surface area contributed by atoms with Gasteiger partial charge in [0.25, 0.3) is 0 Å². The van der Waals surface area contributed by atoms with Crippen LogP contribution in [-0.2, 0) is 9.59 Å². The molecule has 3 N–H and O–H groups in total. The smallest absolute Gasteiger partial charge is 0.323 e. The summed E-state index contributed by atoms with van der Waals surface area (Å²) in [4.78, 5) is 22.5. The summed E-state index contributed by atoms with van der Waals surface area (Å²) in [7, 11) is 0. The third-order valence-corrected chi connectivity index (χ3v) is 3.45. The van der Waals surface area contributed by atoms with Gasteiger partial charge in [0.15, 0.2) is 0 Å². The molecule has 0 bridgehead atoms. The van der Waals surface area contributed by atoms with E-state index < -0.39 is 29.4 Å². The lowest BCUT2D eigenvalue weighted by Crippen LogP contribution is -2.45. The topological polar surface area (TPSA) is 86.6 Å². The highest BCUT2D eigenvalue weighted by Gasteiger charge is 2.49. The summed E-state index contributed by atoms with van der Waals surface area (Å²) in [6.07, 6.45) is 0.0806. The Bertz CT molecular complexity index is 473. The lowest BCUT2D eigenvalue weighted by atomic mass is 9.90. The van der Waals surface area contributed by atoms with Crippen LogP contribution in [-0.4, -0.2) is 27.7 Å². The lowest BCUT2D eigenvalue weighted by Gasteiger charge is -2.20. The fraction of sp³-hybridized carbons (Fsp3) is 0.385. The molecule has 0 radical (unpaired) electrons. The van der Waals surface area contributed by atoms with Crippen molar-refractivity contribution in [3.63, 3.8) is 0 Å². The van der Waals surface area contributed by atoms with E-state index in [1.807, 2.05) is 18.2 Å². The van der Waals surface area contributed by atoms with Crippen molar-refractivity contribution >= 4 is 11.9 Å². The molecule has 0 aromatic heterocycles. The summed E-state index contributed by atoms with van der Waals surface area (Å²) in [5.41, 5.74) is -0.390. The van der Waals surface area contributed by atoms with Crippen LogP contribution >= 0.6 is 0 Å². The first-order valence-corrected chi connectivity index (χ1v) is 5.73. The van der Waals surface area contributed by atoms with Crippen molar-refractivity contribution in [2.24, 2.45) is 5.92 Å². The Hall–Kier alpha value is -1.88. The Morgan fingerprint density at radius 1 is 1.28 bits per heavy atom. The van der Waals surface area contributed by atoms with Gasteiger partial charge in [0.2, 0.25) is 0 Å². The highest BCUT2D eigenvalue weighted by Crippen LogP contribution is 2.38. The molecule has 1 saturated heterocycles.